The van der Waals surface area contributed by atoms with Gasteiger partial charge in [-0.25, -0.2) is 0 Å². The van der Waals surface area contributed by atoms with E-state index in [1.54, 1.807) is 0 Å². The molecule has 8 heteroatoms. The molecule has 0 aliphatic rings. The Morgan fingerprint density at radius 3 is 1.21 bits per heavy atom. The smallest absolute Gasteiger partial charge is 1.00 e. The average molecular weight is 215 g/mol. The Balaban J connectivity index is -0.000000720. The van der Waals surface area contributed by atoms with E-state index in [-0.39, 0.29) is 31.0 Å². The fourth-order valence-electron chi connectivity index (χ4n) is 0.742. The van der Waals surface area contributed by atoms with Crippen molar-refractivity contribution >= 4 is 17.9 Å². The summed E-state index contributed by atoms with van der Waals surface area (Å²) in [5, 5.41) is 24.8. The molecular weight excluding hydrogens is 205 g/mol. The maximum absolute atomic E-state index is 10.1. The van der Waals surface area contributed by atoms with Crippen LogP contribution in [0.25, 0.3) is 0 Å². The Morgan fingerprint density at radius 1 is 0.857 bits per heavy atom. The van der Waals surface area contributed by atoms with Crippen molar-refractivity contribution in [3.63, 3.8) is 0 Å². The number of carboxylic acids is 3. The number of carbonyl (C=O) groups is 3. The minimum Gasteiger partial charge on any atom is -1.00 e. The van der Waals surface area contributed by atoms with Crippen molar-refractivity contribution in [1.82, 2.24) is 4.90 Å². The van der Waals surface area contributed by atoms with E-state index >= 15 is 0 Å². The molecular formula is C6H10NNaO6. The van der Waals surface area contributed by atoms with Crippen molar-refractivity contribution in [3.8, 4) is 0 Å². The first kappa shape index (κ1) is 15.8. The van der Waals surface area contributed by atoms with Crippen LogP contribution in [0.4, 0.5) is 0 Å². The van der Waals surface area contributed by atoms with Crippen LogP contribution in [0, 0.1) is 0 Å². The molecule has 0 aromatic heterocycles. The fraction of sp³-hybridized carbons (Fsp3) is 0.500. The van der Waals surface area contributed by atoms with E-state index in [9.17, 15) is 14.4 Å². The fourth-order valence-corrected chi connectivity index (χ4v) is 0.742. The molecule has 0 saturated heterocycles. The largest absolute Gasteiger partial charge is 1.00 e. The summed E-state index contributed by atoms with van der Waals surface area (Å²) in [5.41, 5.74) is 0. The molecule has 0 bridgehead atoms. The van der Waals surface area contributed by atoms with Gasteiger partial charge in [0.25, 0.3) is 0 Å². The number of nitrogens with zero attached hydrogens (tertiary/aromatic N) is 1. The number of rotatable bonds is 6. The van der Waals surface area contributed by atoms with Crippen LogP contribution >= 0.6 is 0 Å². The SMILES string of the molecule is O=C(O)CN(CC(=O)O)CC(=O)O.[H-].[Na+]. The maximum atomic E-state index is 10.1. The standard InChI is InChI=1S/C6H9NO6.Na.H/c8-4(9)1-7(2-5(10)11)3-6(12)13;;/h1-3H2,(H,8,9)(H,10,11)(H,12,13);;/q;+1;-1. The van der Waals surface area contributed by atoms with Gasteiger partial charge in [-0.05, 0) is 0 Å². The average Bonchev–Trinajstić information content (AvgIpc) is 1.80. The van der Waals surface area contributed by atoms with Crippen LogP contribution in [0.15, 0.2) is 0 Å². The third-order valence-corrected chi connectivity index (χ3v) is 1.08. The Kier molecular flexibility index (Phi) is 8.75. The molecule has 76 valence electrons. The van der Waals surface area contributed by atoms with E-state index in [1.807, 2.05) is 0 Å². The minimum atomic E-state index is -1.26. The van der Waals surface area contributed by atoms with Gasteiger partial charge in [0.2, 0.25) is 0 Å². The summed E-state index contributed by atoms with van der Waals surface area (Å²) >= 11 is 0. The summed E-state index contributed by atoms with van der Waals surface area (Å²) in [7, 11) is 0. The Hall–Kier alpha value is -0.630. The molecule has 0 atom stereocenters. The molecule has 0 heterocycles. The second kappa shape index (κ2) is 7.74. The van der Waals surface area contributed by atoms with Gasteiger partial charge in [0, 0.05) is 0 Å². The molecule has 0 spiro atoms. The molecule has 0 amide bonds. The molecule has 0 aliphatic heterocycles. The van der Waals surface area contributed by atoms with E-state index < -0.39 is 37.5 Å². The van der Waals surface area contributed by atoms with Crippen LogP contribution in [0.2, 0.25) is 0 Å². The van der Waals surface area contributed by atoms with Gasteiger partial charge in [-0.2, -0.15) is 0 Å². The Labute approximate surface area is 103 Å². The molecule has 7 nitrogen and oxygen atoms in total. The molecule has 0 saturated carbocycles. The zero-order valence-corrected chi connectivity index (χ0v) is 9.63. The van der Waals surface area contributed by atoms with Gasteiger partial charge >= 0.3 is 47.5 Å². The zero-order valence-electron chi connectivity index (χ0n) is 8.63. The van der Waals surface area contributed by atoms with Crippen molar-refractivity contribution in [1.29, 1.82) is 0 Å². The Bertz CT molecular complexity index is 198. The molecule has 0 radical (unpaired) electrons. The molecule has 3 N–H and O–H groups in total. The third-order valence-electron chi connectivity index (χ3n) is 1.08. The van der Waals surface area contributed by atoms with Crippen molar-refractivity contribution in [2.45, 2.75) is 0 Å². The van der Waals surface area contributed by atoms with Gasteiger partial charge in [0.1, 0.15) is 0 Å². The molecule has 0 fully saturated rings. The van der Waals surface area contributed by atoms with Gasteiger partial charge < -0.3 is 16.7 Å². The third kappa shape index (κ3) is 9.46. The predicted octanol–water partition coefficient (Wildman–Crippen LogP) is -4.34. The second-order valence-electron chi connectivity index (χ2n) is 2.33. The van der Waals surface area contributed by atoms with Crippen molar-refractivity contribution in [2.75, 3.05) is 19.6 Å². The molecule has 0 aliphatic carbocycles. The maximum Gasteiger partial charge on any atom is 1.00 e. The summed E-state index contributed by atoms with van der Waals surface area (Å²) in [6.45, 7) is -1.80. The topological polar surface area (TPSA) is 115 Å². The zero-order chi connectivity index (χ0) is 10.4. The van der Waals surface area contributed by atoms with Crippen molar-refractivity contribution in [3.05, 3.63) is 0 Å². The van der Waals surface area contributed by atoms with Gasteiger partial charge in [-0.15, -0.1) is 0 Å². The van der Waals surface area contributed by atoms with Crippen LogP contribution in [0.3, 0.4) is 0 Å². The molecule has 0 unspecified atom stereocenters. The first-order valence-electron chi connectivity index (χ1n) is 3.29. The van der Waals surface area contributed by atoms with Crippen LogP contribution in [0.5, 0.6) is 0 Å². The summed E-state index contributed by atoms with van der Waals surface area (Å²) in [4.78, 5) is 31.2. The summed E-state index contributed by atoms with van der Waals surface area (Å²) < 4.78 is 0. The van der Waals surface area contributed by atoms with Crippen LogP contribution in [0.1, 0.15) is 1.43 Å². The quantitative estimate of drug-likeness (QED) is 0.383. The first-order chi connectivity index (χ1) is 5.91. The number of hydrogen-bond acceptors (Lipinski definition) is 4. The summed E-state index contributed by atoms with van der Waals surface area (Å²) in [6.07, 6.45) is 0. The van der Waals surface area contributed by atoms with Crippen molar-refractivity contribution in [2.24, 2.45) is 0 Å². The van der Waals surface area contributed by atoms with Gasteiger partial charge in [0.05, 0.1) is 19.6 Å². The van der Waals surface area contributed by atoms with Crippen LogP contribution in [-0.4, -0.2) is 57.8 Å². The van der Waals surface area contributed by atoms with Gasteiger partial charge in [-0.3, -0.25) is 19.3 Å². The van der Waals surface area contributed by atoms with E-state index in [2.05, 4.69) is 0 Å². The van der Waals surface area contributed by atoms with Gasteiger partial charge in [0.15, 0.2) is 0 Å². The van der Waals surface area contributed by atoms with Crippen LogP contribution < -0.4 is 29.6 Å². The van der Waals surface area contributed by atoms with Crippen molar-refractivity contribution < 1.29 is 60.7 Å². The second-order valence-corrected chi connectivity index (χ2v) is 2.33. The summed E-state index contributed by atoms with van der Waals surface area (Å²) in [6, 6.07) is 0. The molecule has 0 aromatic rings. The molecule has 14 heavy (non-hydrogen) atoms. The number of hydrogen-bond donors (Lipinski definition) is 3. The molecule has 0 rings (SSSR count). The van der Waals surface area contributed by atoms with E-state index in [1.165, 1.54) is 0 Å². The van der Waals surface area contributed by atoms with E-state index in [0.29, 0.717) is 0 Å². The summed E-state index contributed by atoms with van der Waals surface area (Å²) in [5.74, 6) is -3.78. The van der Waals surface area contributed by atoms with E-state index in [4.69, 9.17) is 15.3 Å². The van der Waals surface area contributed by atoms with Gasteiger partial charge in [-0.1, -0.05) is 0 Å². The number of carboxylic acid groups (broad SMARTS) is 3. The monoisotopic (exact) mass is 215 g/mol. The molecule has 0 aromatic carbocycles. The normalized spacial score (nSPS) is 9.21. The first-order valence-corrected chi connectivity index (χ1v) is 3.29. The number of aliphatic carboxylic acids is 3. The van der Waals surface area contributed by atoms with E-state index in [0.717, 1.165) is 4.90 Å². The van der Waals surface area contributed by atoms with Crippen LogP contribution in [-0.2, 0) is 14.4 Å². The minimum absolute atomic E-state index is 0. The Morgan fingerprint density at radius 2 is 1.07 bits per heavy atom. The predicted molar refractivity (Wildman–Crippen MR) is 40.5 cm³/mol.